The Kier molecular flexibility index (Phi) is 4.21. The maximum atomic E-state index is 12.0. The average Bonchev–Trinajstić information content (AvgIpc) is 2.53. The van der Waals surface area contributed by atoms with E-state index in [9.17, 15) is 4.79 Å². The number of rotatable bonds is 2. The van der Waals surface area contributed by atoms with Gasteiger partial charge >= 0.3 is 6.03 Å². The maximum Gasteiger partial charge on any atom is 0.319 e. The highest BCUT2D eigenvalue weighted by atomic mass is 16.2. The van der Waals surface area contributed by atoms with Crippen molar-refractivity contribution < 1.29 is 4.79 Å². The number of pyridine rings is 1. The van der Waals surface area contributed by atoms with Crippen LogP contribution in [-0.2, 0) is 0 Å². The SMILES string of the molecule is CC(C)(C)NC(=O)Nc1ccc2nc(-c3ccccc3)ccc2c1. The fourth-order valence-corrected chi connectivity index (χ4v) is 2.48. The van der Waals surface area contributed by atoms with Gasteiger partial charge in [0.25, 0.3) is 0 Å². The zero-order valence-electron chi connectivity index (χ0n) is 14.1. The fourth-order valence-electron chi connectivity index (χ4n) is 2.48. The Morgan fingerprint density at radius 2 is 1.71 bits per heavy atom. The predicted molar refractivity (Wildman–Crippen MR) is 99.1 cm³/mol. The molecular formula is C20H21N3O. The lowest BCUT2D eigenvalue weighted by molar-refractivity contribution is 0.244. The van der Waals surface area contributed by atoms with Crippen molar-refractivity contribution >= 4 is 22.6 Å². The molecule has 0 aliphatic rings. The number of urea groups is 1. The van der Waals surface area contributed by atoms with E-state index in [1.165, 1.54) is 0 Å². The molecule has 0 saturated carbocycles. The number of benzene rings is 2. The van der Waals surface area contributed by atoms with Gasteiger partial charge < -0.3 is 10.6 Å². The molecule has 0 saturated heterocycles. The number of hydrogen-bond donors (Lipinski definition) is 2. The minimum absolute atomic E-state index is 0.212. The van der Waals surface area contributed by atoms with Crippen LogP contribution in [0, 0.1) is 0 Å². The van der Waals surface area contributed by atoms with Crippen LogP contribution in [0.15, 0.2) is 60.7 Å². The molecule has 1 heterocycles. The number of amides is 2. The van der Waals surface area contributed by atoms with E-state index in [4.69, 9.17) is 4.98 Å². The van der Waals surface area contributed by atoms with Crippen LogP contribution < -0.4 is 10.6 Å². The summed E-state index contributed by atoms with van der Waals surface area (Å²) in [4.78, 5) is 16.7. The summed E-state index contributed by atoms with van der Waals surface area (Å²) in [5.41, 5.74) is 3.41. The molecule has 0 radical (unpaired) electrons. The average molecular weight is 319 g/mol. The molecule has 0 fully saturated rings. The lowest BCUT2D eigenvalue weighted by Gasteiger charge is -2.20. The Morgan fingerprint density at radius 1 is 0.958 bits per heavy atom. The number of aromatic nitrogens is 1. The molecular weight excluding hydrogens is 298 g/mol. The van der Waals surface area contributed by atoms with Gasteiger partial charge in [-0.25, -0.2) is 9.78 Å². The Morgan fingerprint density at radius 3 is 2.42 bits per heavy atom. The largest absolute Gasteiger partial charge is 0.333 e. The van der Waals surface area contributed by atoms with Gasteiger partial charge in [-0.05, 0) is 45.0 Å². The molecule has 3 rings (SSSR count). The summed E-state index contributed by atoms with van der Waals surface area (Å²) in [5, 5.41) is 6.73. The Balaban J connectivity index is 1.84. The van der Waals surface area contributed by atoms with Crippen molar-refractivity contribution in [2.24, 2.45) is 0 Å². The summed E-state index contributed by atoms with van der Waals surface area (Å²) >= 11 is 0. The van der Waals surface area contributed by atoms with E-state index in [-0.39, 0.29) is 11.6 Å². The third kappa shape index (κ3) is 3.90. The lowest BCUT2D eigenvalue weighted by Crippen LogP contribution is -2.43. The number of anilines is 1. The number of hydrogen-bond acceptors (Lipinski definition) is 2. The van der Waals surface area contributed by atoms with Crippen molar-refractivity contribution in [1.82, 2.24) is 10.3 Å². The standard InChI is InChI=1S/C20H21N3O/c1-20(2,3)23-19(24)21-16-10-12-18-15(13-16)9-11-17(22-18)14-7-5-4-6-8-14/h4-13H,1-3H3,(H2,21,23,24). The summed E-state index contributed by atoms with van der Waals surface area (Å²) in [6.45, 7) is 5.84. The third-order valence-corrected chi connectivity index (χ3v) is 3.51. The molecule has 0 aliphatic carbocycles. The summed E-state index contributed by atoms with van der Waals surface area (Å²) < 4.78 is 0. The van der Waals surface area contributed by atoms with Crippen LogP contribution in [0.1, 0.15) is 20.8 Å². The Hall–Kier alpha value is -2.88. The number of nitrogens with zero attached hydrogens (tertiary/aromatic N) is 1. The molecule has 0 atom stereocenters. The van der Waals surface area contributed by atoms with Crippen molar-refractivity contribution in [3.05, 3.63) is 60.7 Å². The van der Waals surface area contributed by atoms with Crippen LogP contribution in [0.2, 0.25) is 0 Å². The van der Waals surface area contributed by atoms with Crippen molar-refractivity contribution in [1.29, 1.82) is 0 Å². The topological polar surface area (TPSA) is 54.0 Å². The van der Waals surface area contributed by atoms with Crippen molar-refractivity contribution in [2.75, 3.05) is 5.32 Å². The second-order valence-electron chi connectivity index (χ2n) is 6.80. The van der Waals surface area contributed by atoms with Gasteiger partial charge in [0.05, 0.1) is 11.2 Å². The molecule has 1 aromatic heterocycles. The summed E-state index contributed by atoms with van der Waals surface area (Å²) in [6.07, 6.45) is 0. The van der Waals surface area contributed by atoms with Crippen LogP contribution in [0.3, 0.4) is 0 Å². The van der Waals surface area contributed by atoms with Crippen molar-refractivity contribution in [2.45, 2.75) is 26.3 Å². The van der Waals surface area contributed by atoms with Crippen LogP contribution in [0.4, 0.5) is 10.5 Å². The number of nitrogens with one attached hydrogen (secondary N) is 2. The van der Waals surface area contributed by atoms with E-state index in [0.717, 1.165) is 27.8 Å². The summed E-state index contributed by atoms with van der Waals surface area (Å²) in [6, 6.07) is 19.6. The molecule has 2 amide bonds. The van der Waals surface area contributed by atoms with Crippen LogP contribution in [0.25, 0.3) is 22.2 Å². The molecule has 2 aromatic carbocycles. The molecule has 0 bridgehead atoms. The molecule has 122 valence electrons. The highest BCUT2D eigenvalue weighted by molar-refractivity contribution is 5.93. The molecule has 0 spiro atoms. The van der Waals surface area contributed by atoms with Crippen LogP contribution in [-0.4, -0.2) is 16.6 Å². The normalized spacial score (nSPS) is 11.3. The molecule has 4 heteroatoms. The Labute approximate surface area is 141 Å². The Bertz CT molecular complexity index is 867. The maximum absolute atomic E-state index is 12.0. The molecule has 0 aliphatic heterocycles. The number of carbonyl (C=O) groups excluding carboxylic acids is 1. The van der Waals surface area contributed by atoms with Crippen LogP contribution >= 0.6 is 0 Å². The first-order valence-corrected chi connectivity index (χ1v) is 7.96. The number of fused-ring (bicyclic) bond motifs is 1. The fraction of sp³-hybridized carbons (Fsp3) is 0.200. The van der Waals surface area contributed by atoms with E-state index < -0.39 is 0 Å². The van der Waals surface area contributed by atoms with E-state index in [1.54, 1.807) is 0 Å². The van der Waals surface area contributed by atoms with Crippen molar-refractivity contribution in [3.8, 4) is 11.3 Å². The van der Waals surface area contributed by atoms with E-state index >= 15 is 0 Å². The van der Waals surface area contributed by atoms with Crippen molar-refractivity contribution in [3.63, 3.8) is 0 Å². The van der Waals surface area contributed by atoms with E-state index in [2.05, 4.69) is 10.6 Å². The first-order valence-electron chi connectivity index (χ1n) is 7.96. The van der Waals surface area contributed by atoms with Gasteiger partial charge in [0.1, 0.15) is 0 Å². The molecule has 4 nitrogen and oxygen atoms in total. The quantitative estimate of drug-likeness (QED) is 0.711. The second kappa shape index (κ2) is 6.32. The molecule has 0 unspecified atom stereocenters. The zero-order valence-corrected chi connectivity index (χ0v) is 14.1. The summed E-state index contributed by atoms with van der Waals surface area (Å²) in [5.74, 6) is 0. The highest BCUT2D eigenvalue weighted by Crippen LogP contribution is 2.23. The van der Waals surface area contributed by atoms with Gasteiger partial charge in [-0.15, -0.1) is 0 Å². The van der Waals surface area contributed by atoms with Gasteiger partial charge in [-0.2, -0.15) is 0 Å². The van der Waals surface area contributed by atoms with Crippen LogP contribution in [0.5, 0.6) is 0 Å². The first kappa shape index (κ1) is 16.0. The highest BCUT2D eigenvalue weighted by Gasteiger charge is 2.13. The van der Waals surface area contributed by atoms with E-state index in [1.807, 2.05) is 81.4 Å². The first-order chi connectivity index (χ1) is 11.4. The third-order valence-electron chi connectivity index (χ3n) is 3.51. The van der Waals surface area contributed by atoms with Gasteiger partial charge in [0, 0.05) is 22.2 Å². The minimum Gasteiger partial charge on any atom is -0.333 e. The lowest BCUT2D eigenvalue weighted by atomic mass is 10.1. The predicted octanol–water partition coefficient (Wildman–Crippen LogP) is 4.82. The van der Waals surface area contributed by atoms with Gasteiger partial charge in [0.15, 0.2) is 0 Å². The number of carbonyl (C=O) groups is 1. The summed E-state index contributed by atoms with van der Waals surface area (Å²) in [7, 11) is 0. The molecule has 24 heavy (non-hydrogen) atoms. The smallest absolute Gasteiger partial charge is 0.319 e. The zero-order chi connectivity index (χ0) is 17.2. The van der Waals surface area contributed by atoms with Gasteiger partial charge in [0.2, 0.25) is 0 Å². The molecule has 2 N–H and O–H groups in total. The monoisotopic (exact) mass is 319 g/mol. The minimum atomic E-state index is -0.271. The van der Waals surface area contributed by atoms with E-state index in [0.29, 0.717) is 0 Å². The molecule has 3 aromatic rings. The van der Waals surface area contributed by atoms with Gasteiger partial charge in [-0.3, -0.25) is 0 Å². The second-order valence-corrected chi connectivity index (χ2v) is 6.80. The van der Waals surface area contributed by atoms with Gasteiger partial charge in [-0.1, -0.05) is 36.4 Å².